The molecule has 0 radical (unpaired) electrons. The SMILES string of the molecule is CCCC[N+](CCCC(=O)NCCC[Si](C)(C)O[Si]1(O[Si](C)(C)CCCNC(=O)COCC(=O)O)n2c3c4ccccc4c2N=C2N=C(N=c4c5ccccc5c(n41)=NC1=NC(=N3)c3ccccc31)c1ccccc12)(CCCS(=O)(=O)O)CCCS(=O)(=O)O. The number of hydrogen-bond donors (Lipinski definition) is 5. The van der Waals surface area contributed by atoms with Crippen LogP contribution < -0.4 is 21.6 Å². The smallest absolute Gasteiger partial charge is 0.480 e. The summed E-state index contributed by atoms with van der Waals surface area (Å²) >= 11 is 0. The third kappa shape index (κ3) is 15.1. The maximum atomic E-state index is 13.8. The van der Waals surface area contributed by atoms with Crippen LogP contribution in [0.5, 0.6) is 0 Å². The molecule has 0 saturated heterocycles. The molecule has 6 heterocycles. The van der Waals surface area contributed by atoms with Gasteiger partial charge in [-0.25, -0.2) is 34.7 Å². The zero-order valence-electron chi connectivity index (χ0n) is 50.6. The van der Waals surface area contributed by atoms with Gasteiger partial charge in [-0.15, -0.1) is 0 Å². The number of nitrogens with one attached hydrogen (secondary N) is 2. The number of nitrogens with zero attached hydrogens (tertiary/aromatic N) is 9. The summed E-state index contributed by atoms with van der Waals surface area (Å²) in [5.41, 5.74) is 4.10. The number of aliphatic imine (C=N–C) groups is 4. The van der Waals surface area contributed by atoms with Crippen LogP contribution in [0.25, 0.3) is 21.5 Å². The number of fused-ring (bicyclic) bond motifs is 14. The number of amides is 2. The zero-order chi connectivity index (χ0) is 63.4. The van der Waals surface area contributed by atoms with Gasteiger partial charge in [0.1, 0.15) is 35.8 Å². The molecule has 6 aromatic rings. The van der Waals surface area contributed by atoms with E-state index in [2.05, 4.69) is 45.3 Å². The highest BCUT2D eigenvalue weighted by Crippen LogP contribution is 2.45. The highest BCUT2D eigenvalue weighted by molar-refractivity contribution is 7.86. The molecule has 6 bridgehead atoms. The predicted molar refractivity (Wildman–Crippen MR) is 347 cm³/mol. The number of carbonyl (C=O) groups is 3. The first kappa shape index (κ1) is 64.9. The number of hydrogen-bond acceptors (Lipinski definition) is 16. The average Bonchev–Trinajstić information content (AvgIpc) is 1.56. The number of carboxylic acids is 1. The number of quaternary nitrogens is 1. The van der Waals surface area contributed by atoms with Gasteiger partial charge >= 0.3 is 14.9 Å². The minimum Gasteiger partial charge on any atom is -0.480 e. The number of carbonyl (C=O) groups excluding carboxylic acids is 2. The van der Waals surface area contributed by atoms with E-state index in [1.807, 2.05) is 104 Å². The van der Waals surface area contributed by atoms with Crippen molar-refractivity contribution < 1.29 is 62.9 Å². The maximum absolute atomic E-state index is 13.8. The number of carboxylic acid groups (broad SMARTS) is 1. The topological polar surface area (TPSA) is 316 Å². The quantitative estimate of drug-likeness (QED) is 0.0128. The fourth-order valence-corrected chi connectivity index (χ4v) is 25.8. The molecule has 5 N–H and O–H groups in total. The molecule has 10 rings (SSSR count). The third-order valence-corrected chi connectivity index (χ3v) is 29.5. The Kier molecular flexibility index (Phi) is 19.6. The van der Waals surface area contributed by atoms with Crippen molar-refractivity contribution in [2.75, 3.05) is 64.0 Å². The van der Waals surface area contributed by atoms with E-state index in [1.165, 1.54) is 0 Å². The molecule has 2 aromatic heterocycles. The Morgan fingerprint density at radius 1 is 0.528 bits per heavy atom. The number of aliphatic carboxylic acids is 1. The van der Waals surface area contributed by atoms with E-state index in [1.54, 1.807) is 0 Å². The van der Waals surface area contributed by atoms with Crippen LogP contribution in [-0.4, -0.2) is 175 Å². The number of unbranched alkanes of at least 4 members (excludes halogenated alkanes) is 1. The van der Waals surface area contributed by atoms with Gasteiger partial charge in [-0.2, -0.15) is 16.8 Å². The van der Waals surface area contributed by atoms with Crippen LogP contribution in [0.3, 0.4) is 0 Å². The molecule has 1 unspecified atom stereocenters. The summed E-state index contributed by atoms with van der Waals surface area (Å²) in [4.78, 5) is 70.7. The van der Waals surface area contributed by atoms with Crippen molar-refractivity contribution in [1.82, 2.24) is 19.1 Å². The molecule has 0 saturated carbocycles. The van der Waals surface area contributed by atoms with E-state index in [0.29, 0.717) is 115 Å². The van der Waals surface area contributed by atoms with Crippen molar-refractivity contribution >= 4 is 120 Å². The van der Waals surface area contributed by atoms with Gasteiger partial charge in [0, 0.05) is 82.6 Å². The molecule has 0 fully saturated rings. The van der Waals surface area contributed by atoms with Gasteiger partial charge in [0.2, 0.25) is 11.8 Å². The summed E-state index contributed by atoms with van der Waals surface area (Å²) in [5, 5.41) is 18.1. The van der Waals surface area contributed by atoms with Crippen molar-refractivity contribution in [1.29, 1.82) is 0 Å². The molecule has 4 aliphatic heterocycles. The second-order valence-electron chi connectivity index (χ2n) is 24.2. The molecule has 29 heteroatoms. The molecule has 2 amide bonds. The standard InChI is InChI=1S/C60H75N11O13S2Si3/c1-6-7-32-71(34-19-36-85(76,77)78,35-20-37-86(79,80)81)33-16-29-50(72)61-30-17-38-87(2,3)83-89(84-88(4,5)39-18-31-62-51(73)40-82-41-52(74)75)69-57-46-25-12-13-26-47(46)59(69)67-55-44-23-10-11-24-45(44)56(64-55)68-60-49-28-15-14-27-48(49)58(70(60)89)66-54-43-22-9-8-21-42(43)53(63-54)65-57/h8-15,21-28H,6-7,16-20,29-41H2,1-5H3,(H4-,61,62,72,73,74,75,76,77,78,79,80,81)/p+1. The monoisotopic (exact) mass is 1310 g/mol. The number of ether oxygens (including phenoxy) is 1. The first-order valence-electron chi connectivity index (χ1n) is 30.1. The predicted octanol–water partition coefficient (Wildman–Crippen LogP) is 6.88. The first-order chi connectivity index (χ1) is 42.4. The van der Waals surface area contributed by atoms with Gasteiger partial charge in [-0.05, 0) is 57.5 Å². The summed E-state index contributed by atoms with van der Waals surface area (Å²) in [6.07, 6.45) is 3.41. The second kappa shape index (κ2) is 26.8. The lowest BCUT2D eigenvalue weighted by atomic mass is 10.1. The van der Waals surface area contributed by atoms with E-state index >= 15 is 0 Å². The van der Waals surface area contributed by atoms with E-state index in [4.69, 9.17) is 48.0 Å². The number of rotatable bonds is 31. The summed E-state index contributed by atoms with van der Waals surface area (Å²) in [6, 6.07) is 32.7. The van der Waals surface area contributed by atoms with Crippen LogP contribution in [0.4, 0.5) is 11.6 Å². The summed E-state index contributed by atoms with van der Waals surface area (Å²) in [7, 11) is -19.5. The lowest BCUT2D eigenvalue weighted by molar-refractivity contribution is -0.928. The first-order valence-corrected chi connectivity index (χ1v) is 41.3. The second-order valence-corrected chi connectivity index (χ2v) is 39.0. The van der Waals surface area contributed by atoms with Crippen LogP contribution in [0.2, 0.25) is 38.3 Å². The van der Waals surface area contributed by atoms with Crippen molar-refractivity contribution in [2.45, 2.75) is 96.6 Å². The highest BCUT2D eigenvalue weighted by Gasteiger charge is 2.58. The lowest BCUT2D eigenvalue weighted by Gasteiger charge is -2.43. The van der Waals surface area contributed by atoms with Crippen LogP contribution >= 0.6 is 0 Å². The fraction of sp³-hybridized carbons (Fsp3) is 0.417. The fourth-order valence-electron chi connectivity index (χ4n) is 12.2. The van der Waals surface area contributed by atoms with Gasteiger partial charge < -0.3 is 33.2 Å². The van der Waals surface area contributed by atoms with Crippen molar-refractivity contribution in [3.63, 3.8) is 0 Å². The molecule has 0 spiro atoms. The van der Waals surface area contributed by atoms with Gasteiger partial charge in [0.05, 0.1) is 37.7 Å². The summed E-state index contributed by atoms with van der Waals surface area (Å²) < 4.78 is 92.3. The summed E-state index contributed by atoms with van der Waals surface area (Å²) in [6.45, 7) is 11.8. The average molecular weight is 1310 g/mol. The molecule has 4 aromatic carbocycles. The Hall–Kier alpha value is -7.04. The minimum atomic E-state index is -4.66. The zero-order valence-corrected chi connectivity index (χ0v) is 55.3. The molecule has 1 atom stereocenters. The molecule has 0 aliphatic carbocycles. The number of aromatic nitrogens is 2. The molecular weight excluding hydrogens is 1230 g/mol. The van der Waals surface area contributed by atoms with Gasteiger partial charge in [-0.3, -0.25) is 27.2 Å². The molecule has 89 heavy (non-hydrogen) atoms. The summed E-state index contributed by atoms with van der Waals surface area (Å²) in [5.74, 6) is -0.0128. The van der Waals surface area contributed by atoms with Gasteiger partial charge in [0.25, 0.3) is 20.2 Å². The van der Waals surface area contributed by atoms with E-state index < -0.39 is 82.4 Å². The van der Waals surface area contributed by atoms with Crippen LogP contribution in [0, 0.1) is 0 Å². The van der Waals surface area contributed by atoms with Crippen LogP contribution in [0.15, 0.2) is 127 Å². The minimum absolute atomic E-state index is 0.137. The Balaban J connectivity index is 1.07. The van der Waals surface area contributed by atoms with Crippen LogP contribution in [0.1, 0.15) is 80.5 Å². The Morgan fingerprint density at radius 2 is 0.933 bits per heavy atom. The molecule has 24 nitrogen and oxygen atoms in total. The number of benzene rings is 4. The lowest BCUT2D eigenvalue weighted by Crippen LogP contribution is -2.70. The molecule has 472 valence electrons. The maximum Gasteiger partial charge on any atom is 0.582 e. The van der Waals surface area contributed by atoms with Crippen LogP contribution in [-0.2, 0) is 47.6 Å². The van der Waals surface area contributed by atoms with E-state index in [0.717, 1.165) is 56.6 Å². The normalized spacial score (nSPS) is 16.1. The van der Waals surface area contributed by atoms with Gasteiger partial charge in [-0.1, -0.05) is 110 Å². The third-order valence-electron chi connectivity index (χ3n) is 16.2. The van der Waals surface area contributed by atoms with Crippen molar-refractivity contribution in [3.05, 3.63) is 130 Å². The highest BCUT2D eigenvalue weighted by atomic mass is 32.2. The Bertz CT molecular complexity index is 4040. The van der Waals surface area contributed by atoms with Crippen molar-refractivity contribution in [3.8, 4) is 0 Å². The molecular formula is C60H76N11O13S2Si3+. The molecule has 4 aliphatic rings. The van der Waals surface area contributed by atoms with Crippen molar-refractivity contribution in [2.24, 2.45) is 30.0 Å². The Morgan fingerprint density at radius 3 is 1.37 bits per heavy atom. The van der Waals surface area contributed by atoms with E-state index in [9.17, 15) is 40.3 Å². The van der Waals surface area contributed by atoms with E-state index in [-0.39, 0.29) is 31.7 Å². The Labute approximate surface area is 520 Å². The van der Waals surface area contributed by atoms with Gasteiger partial charge in [0.15, 0.2) is 40.0 Å². The number of amidine groups is 4. The largest absolute Gasteiger partial charge is 0.582 e.